The van der Waals surface area contributed by atoms with Crippen molar-refractivity contribution in [2.45, 2.75) is 59.8 Å². The van der Waals surface area contributed by atoms with Crippen molar-refractivity contribution in [2.75, 3.05) is 0 Å². The van der Waals surface area contributed by atoms with Crippen molar-refractivity contribution in [2.24, 2.45) is 9.98 Å². The van der Waals surface area contributed by atoms with Crippen molar-refractivity contribution in [3.63, 3.8) is 0 Å². The average Bonchev–Trinajstić information content (AvgIpc) is 2.80. The van der Waals surface area contributed by atoms with Crippen LogP contribution < -0.4 is 34.0 Å². The molecule has 0 fully saturated rings. The molecule has 1 radical (unpaired) electrons. The van der Waals surface area contributed by atoms with Gasteiger partial charge in [0.25, 0.3) is 0 Å². The molecule has 0 aliphatic rings. The SMILES string of the molecule is C=CCc1ccccc1N=C(C)c1cccc(C(C)=Nc2c(C(C)C)cccc2C(C)C)n1.[Br-].[Br-].[Co+2]. The van der Waals surface area contributed by atoms with Crippen LogP contribution in [0, 0.1) is 0 Å². The number of allylic oxidation sites excluding steroid dienone is 1. The molecule has 6 heteroatoms. The van der Waals surface area contributed by atoms with Crippen molar-refractivity contribution in [1.82, 2.24) is 4.98 Å². The molecule has 1 heterocycles. The molecule has 3 aromatic rings. The second-order valence-electron chi connectivity index (χ2n) is 9.02. The van der Waals surface area contributed by atoms with Crippen molar-refractivity contribution in [3.8, 4) is 0 Å². The molecule has 0 saturated heterocycles. The van der Waals surface area contributed by atoms with E-state index in [2.05, 4.69) is 58.5 Å². The summed E-state index contributed by atoms with van der Waals surface area (Å²) in [5.41, 5.74) is 9.26. The Labute approximate surface area is 248 Å². The number of pyridine rings is 1. The molecular formula is C30H35Br2CoN3. The summed E-state index contributed by atoms with van der Waals surface area (Å²) >= 11 is 0. The molecule has 0 spiro atoms. The van der Waals surface area contributed by atoms with Crippen LogP contribution >= 0.6 is 0 Å². The number of aromatic nitrogens is 1. The Morgan fingerprint density at radius 2 is 1.28 bits per heavy atom. The van der Waals surface area contributed by atoms with Gasteiger partial charge < -0.3 is 34.0 Å². The molecule has 0 aliphatic heterocycles. The largest absolute Gasteiger partial charge is 2.00 e. The number of hydrogen-bond acceptors (Lipinski definition) is 3. The Morgan fingerprint density at radius 1 is 0.778 bits per heavy atom. The van der Waals surface area contributed by atoms with Gasteiger partial charge in [0.05, 0.1) is 34.2 Å². The third-order valence-electron chi connectivity index (χ3n) is 5.76. The van der Waals surface area contributed by atoms with Crippen molar-refractivity contribution in [1.29, 1.82) is 0 Å². The number of rotatable bonds is 8. The number of nitrogens with zero attached hydrogens (tertiary/aromatic N) is 3. The first kappa shape index (κ1) is 34.1. The van der Waals surface area contributed by atoms with Crippen LogP contribution in [-0.2, 0) is 23.2 Å². The smallest absolute Gasteiger partial charge is 1.00 e. The fraction of sp³-hybridized carbons (Fsp3) is 0.300. The summed E-state index contributed by atoms with van der Waals surface area (Å²) in [6.45, 7) is 16.8. The summed E-state index contributed by atoms with van der Waals surface area (Å²) in [6, 6.07) is 20.7. The maximum Gasteiger partial charge on any atom is 2.00 e. The van der Waals surface area contributed by atoms with Gasteiger partial charge in [0.1, 0.15) is 0 Å². The van der Waals surface area contributed by atoms with Gasteiger partial charge in [0, 0.05) is 0 Å². The second kappa shape index (κ2) is 16.1. The van der Waals surface area contributed by atoms with Gasteiger partial charge in [-0.1, -0.05) is 76.2 Å². The van der Waals surface area contributed by atoms with Crippen molar-refractivity contribution in [3.05, 3.63) is 101 Å². The molecule has 3 nitrogen and oxygen atoms in total. The van der Waals surface area contributed by atoms with Crippen LogP contribution in [0.5, 0.6) is 0 Å². The van der Waals surface area contributed by atoms with E-state index in [4.69, 9.17) is 15.0 Å². The zero-order valence-electron chi connectivity index (χ0n) is 21.9. The molecule has 0 bridgehead atoms. The molecule has 36 heavy (non-hydrogen) atoms. The van der Waals surface area contributed by atoms with Gasteiger partial charge in [-0.2, -0.15) is 0 Å². The number of para-hydroxylation sites is 2. The third-order valence-corrected chi connectivity index (χ3v) is 5.76. The topological polar surface area (TPSA) is 37.6 Å². The van der Waals surface area contributed by atoms with E-state index in [1.165, 1.54) is 11.1 Å². The molecule has 0 amide bonds. The fourth-order valence-corrected chi connectivity index (χ4v) is 3.89. The second-order valence-corrected chi connectivity index (χ2v) is 9.02. The maximum absolute atomic E-state index is 5.10. The van der Waals surface area contributed by atoms with Gasteiger partial charge in [-0.3, -0.25) is 9.98 Å². The molecule has 0 unspecified atom stereocenters. The van der Waals surface area contributed by atoms with Crippen LogP contribution in [0.2, 0.25) is 0 Å². The van der Waals surface area contributed by atoms with Gasteiger partial charge in [-0.15, -0.1) is 6.58 Å². The minimum absolute atomic E-state index is 0. The Balaban J connectivity index is 0.00000408. The first-order valence-electron chi connectivity index (χ1n) is 11.7. The van der Waals surface area contributed by atoms with Gasteiger partial charge in [0.15, 0.2) is 0 Å². The number of benzene rings is 2. The average molecular weight is 656 g/mol. The normalized spacial score (nSPS) is 11.4. The van der Waals surface area contributed by atoms with E-state index in [-0.39, 0.29) is 50.7 Å². The van der Waals surface area contributed by atoms with Crippen LogP contribution in [-0.4, -0.2) is 16.4 Å². The summed E-state index contributed by atoms with van der Waals surface area (Å²) in [4.78, 5) is 14.9. The zero-order chi connectivity index (χ0) is 24.0. The standard InChI is InChI=1S/C30H35N3.2BrH.Co/c1-8-13-24-14-9-10-17-29(24)31-22(6)27-18-12-19-28(33-27)23(7)32-30-25(20(2)3)15-11-16-26(30)21(4)5;;;/h8-12,14-21H,1,13H2,2-7H3;2*1H;/q;;;+2/p-2. The minimum atomic E-state index is 0. The summed E-state index contributed by atoms with van der Waals surface area (Å²) in [5.74, 6) is 0.805. The molecule has 0 N–H and O–H groups in total. The summed E-state index contributed by atoms with van der Waals surface area (Å²) < 4.78 is 0. The van der Waals surface area contributed by atoms with Crippen LogP contribution in [0.25, 0.3) is 0 Å². The number of hydrogen-bond donors (Lipinski definition) is 0. The van der Waals surface area contributed by atoms with E-state index in [0.29, 0.717) is 11.8 Å². The van der Waals surface area contributed by atoms with Gasteiger partial charge in [0.2, 0.25) is 0 Å². The van der Waals surface area contributed by atoms with Crippen LogP contribution in [0.3, 0.4) is 0 Å². The van der Waals surface area contributed by atoms with Gasteiger partial charge >= 0.3 is 16.8 Å². The molecule has 0 saturated carbocycles. The first-order chi connectivity index (χ1) is 15.8. The van der Waals surface area contributed by atoms with E-state index in [9.17, 15) is 0 Å². The molecule has 0 atom stereocenters. The summed E-state index contributed by atoms with van der Waals surface area (Å²) in [7, 11) is 0. The van der Waals surface area contributed by atoms with Crippen LogP contribution in [0.1, 0.15) is 81.5 Å². The molecule has 0 aliphatic carbocycles. The van der Waals surface area contributed by atoms with Crippen LogP contribution in [0.4, 0.5) is 11.4 Å². The minimum Gasteiger partial charge on any atom is -1.00 e. The van der Waals surface area contributed by atoms with E-state index >= 15 is 0 Å². The predicted molar refractivity (Wildman–Crippen MR) is 143 cm³/mol. The number of aliphatic imine (C=N–C) groups is 2. The molecule has 1 aromatic heterocycles. The monoisotopic (exact) mass is 654 g/mol. The molecule has 193 valence electrons. The van der Waals surface area contributed by atoms with E-state index in [1.807, 2.05) is 56.3 Å². The zero-order valence-corrected chi connectivity index (χ0v) is 26.1. The summed E-state index contributed by atoms with van der Waals surface area (Å²) in [5, 5.41) is 0. The van der Waals surface area contributed by atoms with Crippen molar-refractivity contribution < 1.29 is 50.7 Å². The van der Waals surface area contributed by atoms with Crippen molar-refractivity contribution >= 4 is 22.8 Å². The number of halogens is 2. The maximum atomic E-state index is 5.10. The van der Waals surface area contributed by atoms with Gasteiger partial charge in [-0.05, 0) is 67.0 Å². The predicted octanol–water partition coefficient (Wildman–Crippen LogP) is 2.34. The third kappa shape index (κ3) is 8.62. The van der Waals surface area contributed by atoms with E-state index in [1.54, 1.807) is 0 Å². The fourth-order valence-electron chi connectivity index (χ4n) is 3.89. The van der Waals surface area contributed by atoms with Crippen LogP contribution in [0.15, 0.2) is 83.3 Å². The first-order valence-corrected chi connectivity index (χ1v) is 11.7. The quantitative estimate of drug-likeness (QED) is 0.271. The van der Waals surface area contributed by atoms with E-state index < -0.39 is 0 Å². The van der Waals surface area contributed by atoms with Gasteiger partial charge in [-0.25, -0.2) is 4.98 Å². The Hall–Kier alpha value is -1.86. The Morgan fingerprint density at radius 3 is 1.81 bits per heavy atom. The Bertz CT molecular complexity index is 1170. The molecule has 3 rings (SSSR count). The molecular weight excluding hydrogens is 621 g/mol. The molecule has 2 aromatic carbocycles. The Kier molecular flexibility index (Phi) is 15.2. The van der Waals surface area contributed by atoms with E-state index in [0.717, 1.165) is 46.2 Å². The summed E-state index contributed by atoms with van der Waals surface area (Å²) in [6.07, 6.45) is 2.70.